The first kappa shape index (κ1) is 24.5. The van der Waals surface area contributed by atoms with E-state index in [1.165, 1.54) is 40.3 Å². The average Bonchev–Trinajstić information content (AvgIpc) is 3.15. The van der Waals surface area contributed by atoms with Crippen molar-refractivity contribution < 1.29 is 22.7 Å². The molecule has 0 unspecified atom stereocenters. The summed E-state index contributed by atoms with van der Waals surface area (Å²) in [6, 6.07) is 14.8. The van der Waals surface area contributed by atoms with E-state index in [9.17, 15) is 23.3 Å². The van der Waals surface area contributed by atoms with Gasteiger partial charge in [-0.25, -0.2) is 13.2 Å². The van der Waals surface area contributed by atoms with Crippen molar-refractivity contribution in [3.63, 3.8) is 0 Å². The number of Topliss-reactive ketones (excluding diaryl/α,β-unsaturated/α-hetero) is 1. The largest absolute Gasteiger partial charge is 0.454 e. The molecule has 8 nitrogen and oxygen atoms in total. The molecule has 0 aromatic heterocycles. The van der Waals surface area contributed by atoms with E-state index in [0.29, 0.717) is 18.1 Å². The van der Waals surface area contributed by atoms with Gasteiger partial charge in [-0.1, -0.05) is 37.7 Å². The summed E-state index contributed by atoms with van der Waals surface area (Å²) >= 11 is 1.31. The molecule has 0 atom stereocenters. The van der Waals surface area contributed by atoms with Crippen molar-refractivity contribution in [2.75, 3.05) is 31.6 Å². The van der Waals surface area contributed by atoms with Crippen molar-refractivity contribution in [2.45, 2.75) is 23.6 Å². The highest BCUT2D eigenvalue weighted by Crippen LogP contribution is 2.46. The minimum absolute atomic E-state index is 0.0659. The van der Waals surface area contributed by atoms with Gasteiger partial charge in [-0.2, -0.15) is 9.57 Å². The topological polar surface area (TPSA) is 108 Å². The third-order valence-corrected chi connectivity index (χ3v) is 8.41. The molecule has 1 aliphatic rings. The first-order chi connectivity index (χ1) is 15.7. The number of carbonyl (C=O) groups is 2. The highest BCUT2D eigenvalue weighted by Gasteiger charge is 2.28. The van der Waals surface area contributed by atoms with E-state index in [-0.39, 0.29) is 16.0 Å². The number of ketones is 1. The van der Waals surface area contributed by atoms with Crippen LogP contribution in [0.5, 0.6) is 0 Å². The molecule has 2 aromatic carbocycles. The van der Waals surface area contributed by atoms with E-state index in [4.69, 9.17) is 4.74 Å². The summed E-state index contributed by atoms with van der Waals surface area (Å²) in [6.45, 7) is 3.56. The summed E-state index contributed by atoms with van der Waals surface area (Å²) in [5.41, 5.74) is 0.897. The van der Waals surface area contributed by atoms with Crippen molar-refractivity contribution in [3.05, 3.63) is 64.7 Å². The minimum Gasteiger partial charge on any atom is -0.454 e. The molecule has 33 heavy (non-hydrogen) atoms. The van der Waals surface area contributed by atoms with E-state index in [1.807, 2.05) is 30.3 Å². The third-order valence-electron chi connectivity index (χ3n) is 5.11. The van der Waals surface area contributed by atoms with Gasteiger partial charge in [0, 0.05) is 25.0 Å². The van der Waals surface area contributed by atoms with Crippen molar-refractivity contribution in [1.29, 1.82) is 5.26 Å². The van der Waals surface area contributed by atoms with Gasteiger partial charge in [0.25, 0.3) is 0 Å². The van der Waals surface area contributed by atoms with Gasteiger partial charge in [-0.3, -0.25) is 4.79 Å². The van der Waals surface area contributed by atoms with Crippen LogP contribution in [0.1, 0.15) is 24.2 Å². The smallest absolute Gasteiger partial charge is 0.338 e. The van der Waals surface area contributed by atoms with Gasteiger partial charge in [-0.05, 0) is 36.4 Å². The maximum absolute atomic E-state index is 12.6. The van der Waals surface area contributed by atoms with Gasteiger partial charge in [0.2, 0.25) is 15.8 Å². The first-order valence-corrected chi connectivity index (χ1v) is 12.5. The van der Waals surface area contributed by atoms with Crippen LogP contribution in [0.4, 0.5) is 5.69 Å². The highest BCUT2D eigenvalue weighted by molar-refractivity contribution is 8.03. The number of carbonyl (C=O) groups excluding carboxylic acids is 2. The van der Waals surface area contributed by atoms with Crippen LogP contribution in [-0.2, 0) is 19.6 Å². The maximum Gasteiger partial charge on any atom is 0.338 e. The predicted octanol–water partition coefficient (Wildman–Crippen LogP) is 3.42. The average molecular weight is 486 g/mol. The summed E-state index contributed by atoms with van der Waals surface area (Å²) < 4.78 is 31.5. The fraction of sp³-hybridized carbons (Fsp3) is 0.261. The fourth-order valence-corrected chi connectivity index (χ4v) is 5.93. The number of nitriles is 1. The van der Waals surface area contributed by atoms with E-state index in [1.54, 1.807) is 25.8 Å². The second kappa shape index (κ2) is 10.2. The van der Waals surface area contributed by atoms with E-state index in [0.717, 1.165) is 10.6 Å². The molecule has 0 saturated heterocycles. The zero-order valence-electron chi connectivity index (χ0n) is 18.4. The number of thioether (sulfide) groups is 1. The molecular weight excluding hydrogens is 462 g/mol. The van der Waals surface area contributed by atoms with Crippen LogP contribution in [0.2, 0.25) is 0 Å². The number of rotatable bonds is 8. The number of anilines is 1. The van der Waals surface area contributed by atoms with Crippen LogP contribution in [-0.4, -0.2) is 51.2 Å². The van der Waals surface area contributed by atoms with Crippen LogP contribution >= 0.6 is 11.8 Å². The minimum atomic E-state index is -3.64. The summed E-state index contributed by atoms with van der Waals surface area (Å²) in [4.78, 5) is 27.8. The van der Waals surface area contributed by atoms with Gasteiger partial charge < -0.3 is 9.64 Å². The summed E-state index contributed by atoms with van der Waals surface area (Å²) in [6.07, 6.45) is 0. The molecule has 10 heteroatoms. The second-order valence-electron chi connectivity index (χ2n) is 7.03. The lowest BCUT2D eigenvalue weighted by molar-refractivity contribution is -0.118. The van der Waals surface area contributed by atoms with Gasteiger partial charge in [-0.15, -0.1) is 0 Å². The monoisotopic (exact) mass is 485 g/mol. The van der Waals surface area contributed by atoms with Gasteiger partial charge in [0.15, 0.2) is 6.61 Å². The van der Waals surface area contributed by atoms with Crippen molar-refractivity contribution in [1.82, 2.24) is 4.31 Å². The van der Waals surface area contributed by atoms with Crippen LogP contribution in [0.15, 0.2) is 68.9 Å². The van der Waals surface area contributed by atoms with Gasteiger partial charge in [0.05, 0.1) is 16.1 Å². The Balaban J connectivity index is 1.70. The molecule has 0 N–H and O–H groups in total. The number of benzene rings is 2. The number of sulfonamides is 1. The molecule has 3 rings (SSSR count). The number of ether oxygens (including phenoxy) is 1. The number of esters is 1. The fourth-order valence-electron chi connectivity index (χ4n) is 3.31. The van der Waals surface area contributed by atoms with Crippen LogP contribution < -0.4 is 4.90 Å². The van der Waals surface area contributed by atoms with E-state index >= 15 is 0 Å². The Bertz CT molecular complexity index is 1240. The molecule has 1 heterocycles. The Labute approximate surface area is 197 Å². The number of hydrogen-bond acceptors (Lipinski definition) is 8. The quantitative estimate of drug-likeness (QED) is 0.318. The van der Waals surface area contributed by atoms with Crippen molar-refractivity contribution in [2.24, 2.45) is 0 Å². The third kappa shape index (κ3) is 4.95. The van der Waals surface area contributed by atoms with Crippen LogP contribution in [0, 0.1) is 11.3 Å². The number of para-hydroxylation sites is 1. The maximum atomic E-state index is 12.6. The number of fused-ring (bicyclic) bond motifs is 1. The normalized spacial score (nSPS) is 14.6. The standard InChI is InChI=1S/C23H23N3O5S2/c1-4-26(5-2)33(29,30)17-12-10-16(11-13-17)23(28)31-15-20(27)18(14-24)22-25(3)19-8-6-7-9-21(19)32-22/h6-13H,4-5,15H2,1-3H3/b22-18+. The molecule has 0 spiro atoms. The molecule has 0 amide bonds. The second-order valence-corrected chi connectivity index (χ2v) is 10.0. The lowest BCUT2D eigenvalue weighted by atomic mass is 10.2. The molecule has 0 bridgehead atoms. The van der Waals surface area contributed by atoms with Crippen LogP contribution in [0.3, 0.4) is 0 Å². The first-order valence-electron chi connectivity index (χ1n) is 10.2. The Morgan fingerprint density at radius 1 is 1.09 bits per heavy atom. The molecule has 0 saturated carbocycles. The zero-order valence-corrected chi connectivity index (χ0v) is 20.1. The molecule has 0 fully saturated rings. The molecule has 0 aliphatic carbocycles. The van der Waals surface area contributed by atoms with Crippen molar-refractivity contribution >= 4 is 39.2 Å². The Hall–Kier alpha value is -3.13. The Morgan fingerprint density at radius 3 is 2.30 bits per heavy atom. The zero-order chi connectivity index (χ0) is 24.2. The van der Waals surface area contributed by atoms with Gasteiger partial charge >= 0.3 is 5.97 Å². The molecule has 172 valence electrons. The van der Waals surface area contributed by atoms with E-state index in [2.05, 4.69) is 0 Å². The SMILES string of the molecule is CCN(CC)S(=O)(=O)c1ccc(C(=O)OCC(=O)/C(C#N)=C2/Sc3ccccc3N2C)cc1. The molecular formula is C23H23N3O5S2. The Kier molecular flexibility index (Phi) is 7.58. The molecule has 2 aromatic rings. The summed E-state index contributed by atoms with van der Waals surface area (Å²) in [5, 5.41) is 10.0. The van der Waals surface area contributed by atoms with Crippen LogP contribution in [0.25, 0.3) is 0 Å². The van der Waals surface area contributed by atoms with Crippen molar-refractivity contribution in [3.8, 4) is 6.07 Å². The molecule has 1 aliphatic heterocycles. The number of nitrogens with zero attached hydrogens (tertiary/aromatic N) is 3. The highest BCUT2D eigenvalue weighted by atomic mass is 32.2. The summed E-state index contributed by atoms with van der Waals surface area (Å²) in [7, 11) is -1.88. The number of hydrogen-bond donors (Lipinski definition) is 0. The lowest BCUT2D eigenvalue weighted by Gasteiger charge is -2.18. The molecule has 0 radical (unpaired) electrons. The lowest BCUT2D eigenvalue weighted by Crippen LogP contribution is -2.30. The Morgan fingerprint density at radius 2 is 1.73 bits per heavy atom. The summed E-state index contributed by atoms with van der Waals surface area (Å²) in [5.74, 6) is -1.40. The van der Waals surface area contributed by atoms with E-state index < -0.39 is 28.4 Å². The predicted molar refractivity (Wildman–Crippen MR) is 125 cm³/mol. The van der Waals surface area contributed by atoms with Gasteiger partial charge in [0.1, 0.15) is 16.7 Å².